The summed E-state index contributed by atoms with van der Waals surface area (Å²) >= 11 is 0. The average molecular weight is 219 g/mol. The van der Waals surface area contributed by atoms with Crippen LogP contribution < -0.4 is 10.1 Å². The summed E-state index contributed by atoms with van der Waals surface area (Å²) in [6, 6.07) is 5.95. The SMILES string of the molecule is C[C@H]1Oc2ccc(C(C)(C)C)cc2NC1=O. The van der Waals surface area contributed by atoms with Gasteiger partial charge in [-0.1, -0.05) is 26.8 Å². The van der Waals surface area contributed by atoms with Gasteiger partial charge in [-0.15, -0.1) is 0 Å². The molecule has 16 heavy (non-hydrogen) atoms. The van der Waals surface area contributed by atoms with Gasteiger partial charge in [0.05, 0.1) is 5.69 Å². The van der Waals surface area contributed by atoms with E-state index < -0.39 is 6.10 Å². The second-order valence-electron chi connectivity index (χ2n) is 5.21. The van der Waals surface area contributed by atoms with Gasteiger partial charge in [0.1, 0.15) is 5.75 Å². The standard InChI is InChI=1S/C13H17NO2/c1-8-12(15)14-10-7-9(13(2,3)4)5-6-11(10)16-8/h5-8H,1-4H3,(H,14,15)/t8-/m1/s1. The van der Waals surface area contributed by atoms with Gasteiger partial charge < -0.3 is 10.1 Å². The van der Waals surface area contributed by atoms with E-state index in [1.165, 1.54) is 5.56 Å². The first-order chi connectivity index (χ1) is 7.38. The normalized spacial score (nSPS) is 19.8. The lowest BCUT2D eigenvalue weighted by molar-refractivity contribution is -0.122. The van der Waals surface area contributed by atoms with Crippen LogP contribution in [0.25, 0.3) is 0 Å². The number of nitrogens with one attached hydrogen (secondary N) is 1. The topological polar surface area (TPSA) is 38.3 Å². The largest absolute Gasteiger partial charge is 0.479 e. The van der Waals surface area contributed by atoms with E-state index in [9.17, 15) is 4.79 Å². The quantitative estimate of drug-likeness (QED) is 0.728. The average Bonchev–Trinajstić information content (AvgIpc) is 2.17. The molecule has 2 rings (SSSR count). The number of amides is 1. The van der Waals surface area contributed by atoms with Gasteiger partial charge >= 0.3 is 0 Å². The Morgan fingerprint density at radius 2 is 2.00 bits per heavy atom. The van der Waals surface area contributed by atoms with Crippen molar-refractivity contribution in [2.75, 3.05) is 5.32 Å². The van der Waals surface area contributed by atoms with Crippen LogP contribution in [0.1, 0.15) is 33.3 Å². The van der Waals surface area contributed by atoms with Crippen molar-refractivity contribution in [2.24, 2.45) is 0 Å². The van der Waals surface area contributed by atoms with Gasteiger partial charge in [-0.05, 0) is 30.0 Å². The van der Waals surface area contributed by atoms with Gasteiger partial charge in [0.15, 0.2) is 6.10 Å². The van der Waals surface area contributed by atoms with Crippen molar-refractivity contribution in [1.29, 1.82) is 0 Å². The number of carbonyl (C=O) groups excluding carboxylic acids is 1. The maximum Gasteiger partial charge on any atom is 0.265 e. The number of fused-ring (bicyclic) bond motifs is 1. The molecular weight excluding hydrogens is 202 g/mol. The minimum Gasteiger partial charge on any atom is -0.479 e. The van der Waals surface area contributed by atoms with Gasteiger partial charge in [0.2, 0.25) is 0 Å². The Morgan fingerprint density at radius 3 is 2.62 bits per heavy atom. The van der Waals surface area contributed by atoms with Crippen molar-refractivity contribution in [2.45, 2.75) is 39.2 Å². The summed E-state index contributed by atoms with van der Waals surface area (Å²) in [7, 11) is 0. The smallest absolute Gasteiger partial charge is 0.265 e. The second-order valence-corrected chi connectivity index (χ2v) is 5.21. The first-order valence-electron chi connectivity index (χ1n) is 5.50. The Balaban J connectivity index is 2.40. The van der Waals surface area contributed by atoms with Crippen LogP contribution in [0.4, 0.5) is 5.69 Å². The number of rotatable bonds is 0. The first kappa shape index (κ1) is 11.0. The number of carbonyl (C=O) groups is 1. The van der Waals surface area contributed by atoms with Gasteiger partial charge in [-0.25, -0.2) is 0 Å². The van der Waals surface area contributed by atoms with Crippen molar-refractivity contribution in [3.8, 4) is 5.75 Å². The fraction of sp³-hybridized carbons (Fsp3) is 0.462. The van der Waals surface area contributed by atoms with Crippen LogP contribution in [-0.4, -0.2) is 12.0 Å². The molecule has 1 aromatic carbocycles. The minimum atomic E-state index is -0.409. The zero-order valence-corrected chi connectivity index (χ0v) is 10.1. The van der Waals surface area contributed by atoms with Crippen LogP contribution in [0.3, 0.4) is 0 Å². The zero-order valence-electron chi connectivity index (χ0n) is 10.1. The van der Waals surface area contributed by atoms with Crippen LogP contribution >= 0.6 is 0 Å². The highest BCUT2D eigenvalue weighted by atomic mass is 16.5. The number of ether oxygens (including phenoxy) is 1. The van der Waals surface area contributed by atoms with E-state index in [1.807, 2.05) is 18.2 Å². The Bertz CT molecular complexity index is 432. The summed E-state index contributed by atoms with van der Waals surface area (Å²) in [5.41, 5.74) is 2.03. The van der Waals surface area contributed by atoms with Crippen molar-refractivity contribution >= 4 is 11.6 Å². The third-order valence-electron chi connectivity index (χ3n) is 2.78. The molecule has 0 saturated carbocycles. The van der Waals surface area contributed by atoms with Gasteiger partial charge in [-0.2, -0.15) is 0 Å². The number of hydrogen-bond acceptors (Lipinski definition) is 2. The molecule has 1 atom stereocenters. The summed E-state index contributed by atoms with van der Waals surface area (Å²) in [5, 5.41) is 2.86. The van der Waals surface area contributed by atoms with Crippen molar-refractivity contribution < 1.29 is 9.53 Å². The van der Waals surface area contributed by atoms with E-state index in [0.717, 1.165) is 11.4 Å². The second kappa shape index (κ2) is 3.51. The molecule has 0 unspecified atom stereocenters. The monoisotopic (exact) mass is 219 g/mol. The Morgan fingerprint density at radius 1 is 1.31 bits per heavy atom. The molecule has 3 heteroatoms. The fourth-order valence-corrected chi connectivity index (χ4v) is 1.68. The molecule has 1 amide bonds. The van der Waals surface area contributed by atoms with Crippen molar-refractivity contribution in [3.63, 3.8) is 0 Å². The number of anilines is 1. The van der Waals surface area contributed by atoms with E-state index in [1.54, 1.807) is 6.92 Å². The summed E-state index contributed by atoms with van der Waals surface area (Å²) in [4.78, 5) is 11.5. The predicted molar refractivity (Wildman–Crippen MR) is 63.9 cm³/mol. The van der Waals surface area contributed by atoms with Crippen LogP contribution in [0.5, 0.6) is 5.75 Å². The Kier molecular flexibility index (Phi) is 2.41. The molecule has 1 aromatic rings. The van der Waals surface area contributed by atoms with Crippen molar-refractivity contribution in [1.82, 2.24) is 0 Å². The van der Waals surface area contributed by atoms with Crippen LogP contribution in [0, 0.1) is 0 Å². The van der Waals surface area contributed by atoms with Gasteiger partial charge in [0, 0.05) is 0 Å². The lowest BCUT2D eigenvalue weighted by atomic mass is 9.86. The minimum absolute atomic E-state index is 0.0722. The van der Waals surface area contributed by atoms with Crippen LogP contribution in [0.2, 0.25) is 0 Å². The molecule has 0 radical (unpaired) electrons. The molecule has 0 aliphatic carbocycles. The molecule has 0 spiro atoms. The highest BCUT2D eigenvalue weighted by Gasteiger charge is 2.25. The molecule has 0 aromatic heterocycles. The molecule has 0 bridgehead atoms. The number of hydrogen-bond donors (Lipinski definition) is 1. The van der Waals surface area contributed by atoms with Crippen LogP contribution in [0.15, 0.2) is 18.2 Å². The molecule has 0 fully saturated rings. The predicted octanol–water partition coefficient (Wildman–Crippen LogP) is 2.70. The summed E-state index contributed by atoms with van der Waals surface area (Å²) in [6.45, 7) is 8.17. The van der Waals surface area contributed by atoms with Gasteiger partial charge in [0.25, 0.3) is 5.91 Å². The molecular formula is C13H17NO2. The third-order valence-corrected chi connectivity index (χ3v) is 2.78. The molecule has 86 valence electrons. The van der Waals surface area contributed by atoms with E-state index in [0.29, 0.717) is 0 Å². The molecule has 1 aliphatic heterocycles. The molecule has 1 N–H and O–H groups in total. The van der Waals surface area contributed by atoms with E-state index in [2.05, 4.69) is 26.1 Å². The number of benzene rings is 1. The van der Waals surface area contributed by atoms with E-state index in [4.69, 9.17) is 4.74 Å². The summed E-state index contributed by atoms with van der Waals surface area (Å²) in [5.74, 6) is 0.665. The Hall–Kier alpha value is -1.51. The van der Waals surface area contributed by atoms with Crippen LogP contribution in [-0.2, 0) is 10.2 Å². The van der Waals surface area contributed by atoms with E-state index >= 15 is 0 Å². The first-order valence-corrected chi connectivity index (χ1v) is 5.50. The highest BCUT2D eigenvalue weighted by Crippen LogP contribution is 2.34. The van der Waals surface area contributed by atoms with E-state index in [-0.39, 0.29) is 11.3 Å². The molecule has 3 nitrogen and oxygen atoms in total. The molecule has 0 saturated heterocycles. The molecule has 1 aliphatic rings. The summed E-state index contributed by atoms with van der Waals surface area (Å²) < 4.78 is 5.50. The van der Waals surface area contributed by atoms with Gasteiger partial charge in [-0.3, -0.25) is 4.79 Å². The fourth-order valence-electron chi connectivity index (χ4n) is 1.68. The zero-order chi connectivity index (χ0) is 11.9. The lowest BCUT2D eigenvalue weighted by Gasteiger charge is -2.26. The van der Waals surface area contributed by atoms with Crippen molar-refractivity contribution in [3.05, 3.63) is 23.8 Å². The molecule has 1 heterocycles. The highest BCUT2D eigenvalue weighted by molar-refractivity contribution is 5.97. The lowest BCUT2D eigenvalue weighted by Crippen LogP contribution is -2.34. The summed E-state index contributed by atoms with van der Waals surface area (Å²) in [6.07, 6.45) is -0.409. The maximum absolute atomic E-state index is 11.5. The Labute approximate surface area is 95.8 Å². The maximum atomic E-state index is 11.5. The third kappa shape index (κ3) is 1.90.